The summed E-state index contributed by atoms with van der Waals surface area (Å²) >= 11 is 3.52. The van der Waals surface area contributed by atoms with Gasteiger partial charge in [-0.15, -0.1) is 0 Å². The summed E-state index contributed by atoms with van der Waals surface area (Å²) in [5, 5.41) is 3.54. The molecule has 2 nitrogen and oxygen atoms in total. The first-order valence-electron chi connectivity index (χ1n) is 6.38. The average molecular weight is 297 g/mol. The molecule has 0 saturated heterocycles. The fourth-order valence-corrected chi connectivity index (χ4v) is 3.24. The van der Waals surface area contributed by atoms with E-state index >= 15 is 0 Å². The highest BCUT2D eigenvalue weighted by Crippen LogP contribution is 2.33. The predicted octanol–water partition coefficient (Wildman–Crippen LogP) is 3.50. The van der Waals surface area contributed by atoms with Gasteiger partial charge in [0.25, 0.3) is 0 Å². The molecule has 1 saturated carbocycles. The normalized spacial score (nSPS) is 19.2. The molecule has 1 aromatic rings. The first-order valence-corrected chi connectivity index (χ1v) is 7.17. The van der Waals surface area contributed by atoms with E-state index in [4.69, 9.17) is 5.73 Å². The fraction of sp³-hybridized carbons (Fsp3) is 0.571. The van der Waals surface area contributed by atoms with Crippen LogP contribution in [0.5, 0.6) is 0 Å². The predicted molar refractivity (Wildman–Crippen MR) is 77.1 cm³/mol. The molecule has 1 aliphatic carbocycles. The molecule has 0 bridgehead atoms. The smallest absolute Gasteiger partial charge is 0.0348 e. The monoisotopic (exact) mass is 296 g/mol. The van der Waals surface area contributed by atoms with Gasteiger partial charge in [-0.25, -0.2) is 0 Å². The number of nitrogens with two attached hydrogens (primary N) is 1. The lowest BCUT2D eigenvalue weighted by Crippen LogP contribution is -2.46. The van der Waals surface area contributed by atoms with Crippen LogP contribution in [0.2, 0.25) is 0 Å². The molecule has 0 aromatic heterocycles. The van der Waals surface area contributed by atoms with Gasteiger partial charge in [-0.1, -0.05) is 35.2 Å². The molecular formula is C14H21BrN2. The molecule has 3 heteroatoms. The zero-order valence-electron chi connectivity index (χ0n) is 10.4. The maximum atomic E-state index is 6.07. The maximum absolute atomic E-state index is 6.07. The Kier molecular flexibility index (Phi) is 4.10. The van der Waals surface area contributed by atoms with Crippen LogP contribution in [0, 0.1) is 0 Å². The SMILES string of the molecule is CNC1(Cc2cc(Br)ccc2N)CCCCC1. The highest BCUT2D eigenvalue weighted by Gasteiger charge is 2.30. The van der Waals surface area contributed by atoms with Crippen molar-refractivity contribution in [3.8, 4) is 0 Å². The van der Waals surface area contributed by atoms with Crippen LogP contribution in [0.3, 0.4) is 0 Å². The second-order valence-corrected chi connectivity index (χ2v) is 6.03. The Morgan fingerprint density at radius 2 is 2.00 bits per heavy atom. The van der Waals surface area contributed by atoms with Gasteiger partial charge in [0.15, 0.2) is 0 Å². The van der Waals surface area contributed by atoms with Crippen molar-refractivity contribution in [1.82, 2.24) is 5.32 Å². The van der Waals surface area contributed by atoms with E-state index in [0.29, 0.717) is 0 Å². The maximum Gasteiger partial charge on any atom is 0.0348 e. The summed E-state index contributed by atoms with van der Waals surface area (Å²) in [6.07, 6.45) is 7.58. The Balaban J connectivity index is 2.20. The van der Waals surface area contributed by atoms with Gasteiger partial charge in [-0.3, -0.25) is 0 Å². The summed E-state index contributed by atoms with van der Waals surface area (Å²) in [6.45, 7) is 0. The molecule has 0 radical (unpaired) electrons. The van der Waals surface area contributed by atoms with E-state index in [9.17, 15) is 0 Å². The molecule has 0 unspecified atom stereocenters. The summed E-state index contributed by atoms with van der Waals surface area (Å²) in [4.78, 5) is 0. The zero-order valence-corrected chi connectivity index (χ0v) is 12.0. The van der Waals surface area contributed by atoms with E-state index in [2.05, 4.69) is 34.4 Å². The quantitative estimate of drug-likeness (QED) is 0.838. The molecule has 2 rings (SSSR count). The van der Waals surface area contributed by atoms with Crippen LogP contribution in [-0.2, 0) is 6.42 Å². The summed E-state index contributed by atoms with van der Waals surface area (Å²) in [7, 11) is 2.08. The van der Waals surface area contributed by atoms with Crippen molar-refractivity contribution >= 4 is 21.6 Å². The molecule has 1 fully saturated rings. The molecule has 0 spiro atoms. The van der Waals surface area contributed by atoms with Gasteiger partial charge in [-0.05, 0) is 50.1 Å². The van der Waals surface area contributed by atoms with Gasteiger partial charge in [0.2, 0.25) is 0 Å². The minimum atomic E-state index is 0.257. The Morgan fingerprint density at radius 3 is 2.65 bits per heavy atom. The molecule has 0 atom stereocenters. The van der Waals surface area contributed by atoms with E-state index in [-0.39, 0.29) is 5.54 Å². The first kappa shape index (κ1) is 12.9. The van der Waals surface area contributed by atoms with Crippen molar-refractivity contribution in [2.24, 2.45) is 0 Å². The third kappa shape index (κ3) is 3.02. The van der Waals surface area contributed by atoms with Crippen LogP contribution in [0.25, 0.3) is 0 Å². The number of likely N-dealkylation sites (N-methyl/N-ethyl adjacent to an activating group) is 1. The standard InChI is InChI=1S/C14H21BrN2/c1-17-14(7-3-2-4-8-14)10-11-9-12(15)5-6-13(11)16/h5-6,9,17H,2-4,7-8,10,16H2,1H3. The van der Waals surface area contributed by atoms with Gasteiger partial charge in [-0.2, -0.15) is 0 Å². The number of hydrogen-bond acceptors (Lipinski definition) is 2. The minimum absolute atomic E-state index is 0.257. The van der Waals surface area contributed by atoms with Gasteiger partial charge < -0.3 is 11.1 Å². The number of rotatable bonds is 3. The molecule has 0 amide bonds. The molecule has 1 aliphatic rings. The summed E-state index contributed by atoms with van der Waals surface area (Å²) in [5.41, 5.74) is 8.50. The Morgan fingerprint density at radius 1 is 1.29 bits per heavy atom. The Bertz CT molecular complexity index is 384. The number of halogens is 1. The van der Waals surface area contributed by atoms with Gasteiger partial charge in [0.05, 0.1) is 0 Å². The molecular weight excluding hydrogens is 276 g/mol. The van der Waals surface area contributed by atoms with Gasteiger partial charge in [0, 0.05) is 15.7 Å². The first-order chi connectivity index (χ1) is 8.15. The Labute approximate surface area is 112 Å². The Hall–Kier alpha value is -0.540. The van der Waals surface area contributed by atoms with Gasteiger partial charge in [0.1, 0.15) is 0 Å². The molecule has 1 aromatic carbocycles. The van der Waals surface area contributed by atoms with Crippen LogP contribution in [0.15, 0.2) is 22.7 Å². The summed E-state index contributed by atoms with van der Waals surface area (Å²) in [5.74, 6) is 0. The second kappa shape index (κ2) is 5.40. The van der Waals surface area contributed by atoms with E-state index in [1.807, 2.05) is 12.1 Å². The van der Waals surface area contributed by atoms with E-state index in [1.54, 1.807) is 0 Å². The number of nitrogen functional groups attached to an aromatic ring is 1. The molecule has 3 N–H and O–H groups in total. The fourth-order valence-electron chi connectivity index (χ4n) is 2.84. The van der Waals surface area contributed by atoms with Crippen LogP contribution >= 0.6 is 15.9 Å². The van der Waals surface area contributed by atoms with E-state index in [1.165, 1.54) is 37.7 Å². The number of anilines is 1. The average Bonchev–Trinajstić information content (AvgIpc) is 2.35. The van der Waals surface area contributed by atoms with Crippen molar-refractivity contribution in [2.75, 3.05) is 12.8 Å². The zero-order chi connectivity index (χ0) is 12.3. The topological polar surface area (TPSA) is 38.0 Å². The largest absolute Gasteiger partial charge is 0.399 e. The second-order valence-electron chi connectivity index (χ2n) is 5.11. The number of hydrogen-bond donors (Lipinski definition) is 2. The highest BCUT2D eigenvalue weighted by atomic mass is 79.9. The number of nitrogens with one attached hydrogen (secondary N) is 1. The van der Waals surface area contributed by atoms with Crippen LogP contribution < -0.4 is 11.1 Å². The van der Waals surface area contributed by atoms with Crippen molar-refractivity contribution < 1.29 is 0 Å². The lowest BCUT2D eigenvalue weighted by atomic mass is 9.77. The van der Waals surface area contributed by atoms with Crippen molar-refractivity contribution in [2.45, 2.75) is 44.1 Å². The van der Waals surface area contributed by atoms with Crippen molar-refractivity contribution in [1.29, 1.82) is 0 Å². The minimum Gasteiger partial charge on any atom is -0.399 e. The van der Waals surface area contributed by atoms with Crippen LogP contribution in [0.4, 0.5) is 5.69 Å². The number of benzene rings is 1. The van der Waals surface area contributed by atoms with Crippen molar-refractivity contribution in [3.63, 3.8) is 0 Å². The molecule has 0 aliphatic heterocycles. The van der Waals surface area contributed by atoms with Crippen LogP contribution in [-0.4, -0.2) is 12.6 Å². The third-order valence-corrected chi connectivity index (χ3v) is 4.47. The molecule has 0 heterocycles. The highest BCUT2D eigenvalue weighted by molar-refractivity contribution is 9.10. The molecule has 94 valence electrons. The van der Waals surface area contributed by atoms with E-state index < -0.39 is 0 Å². The lowest BCUT2D eigenvalue weighted by molar-refractivity contribution is 0.245. The lowest BCUT2D eigenvalue weighted by Gasteiger charge is -2.37. The van der Waals surface area contributed by atoms with Gasteiger partial charge >= 0.3 is 0 Å². The van der Waals surface area contributed by atoms with Crippen LogP contribution in [0.1, 0.15) is 37.7 Å². The third-order valence-electron chi connectivity index (χ3n) is 3.97. The summed E-state index contributed by atoms with van der Waals surface area (Å²) in [6, 6.07) is 6.15. The molecule has 17 heavy (non-hydrogen) atoms. The van der Waals surface area contributed by atoms with E-state index in [0.717, 1.165) is 16.6 Å². The summed E-state index contributed by atoms with van der Waals surface area (Å²) < 4.78 is 1.11. The van der Waals surface area contributed by atoms with Crippen molar-refractivity contribution in [3.05, 3.63) is 28.2 Å².